The summed E-state index contributed by atoms with van der Waals surface area (Å²) >= 11 is 0. The first-order chi connectivity index (χ1) is 15.9. The zero-order valence-corrected chi connectivity index (χ0v) is 19.9. The highest BCUT2D eigenvalue weighted by Crippen LogP contribution is 2.42. The Bertz CT molecular complexity index is 992. The van der Waals surface area contributed by atoms with Gasteiger partial charge in [-0.1, -0.05) is 24.3 Å². The molecule has 0 bridgehead atoms. The molecule has 2 aliphatic rings. The van der Waals surface area contributed by atoms with Crippen LogP contribution in [0.1, 0.15) is 35.8 Å². The van der Waals surface area contributed by atoms with E-state index in [4.69, 9.17) is 9.47 Å². The van der Waals surface area contributed by atoms with Gasteiger partial charge < -0.3 is 24.2 Å². The molecule has 1 unspecified atom stereocenters. The third-order valence-corrected chi connectivity index (χ3v) is 6.86. The predicted molar refractivity (Wildman–Crippen MR) is 128 cm³/mol. The van der Waals surface area contributed by atoms with Crippen LogP contribution in [0.4, 0.5) is 5.69 Å². The molecule has 1 fully saturated rings. The molecular formula is C26H33N3O4. The van der Waals surface area contributed by atoms with Crippen LogP contribution in [0.5, 0.6) is 11.5 Å². The number of likely N-dealkylation sites (N-methyl/N-ethyl adjacent to an activating group) is 1. The van der Waals surface area contributed by atoms with Crippen LogP contribution < -0.4 is 14.4 Å². The predicted octanol–water partition coefficient (Wildman–Crippen LogP) is 3.10. The van der Waals surface area contributed by atoms with Crippen LogP contribution >= 0.6 is 0 Å². The van der Waals surface area contributed by atoms with Crippen molar-refractivity contribution in [1.82, 2.24) is 9.80 Å². The van der Waals surface area contributed by atoms with Gasteiger partial charge in [0.1, 0.15) is 11.5 Å². The standard InChI is InChI=1S/C26H33N3O4/c1-27(2)24(30)17-29-16-20(19-8-5-6-9-21(19)29)26(31)28-14-12-18(13-15-28)25-22(32-3)10-7-11-23(25)33-4/h5-11,18,20H,12-17H2,1-4H3. The van der Waals surface area contributed by atoms with E-state index in [0.29, 0.717) is 19.6 Å². The molecule has 2 aromatic rings. The lowest BCUT2D eigenvalue weighted by atomic mass is 9.87. The maximum absolute atomic E-state index is 13.6. The van der Waals surface area contributed by atoms with E-state index in [1.165, 1.54) is 0 Å². The third-order valence-electron chi connectivity index (χ3n) is 6.86. The molecule has 2 amide bonds. The zero-order valence-electron chi connectivity index (χ0n) is 19.9. The Morgan fingerprint density at radius 1 is 0.970 bits per heavy atom. The molecule has 2 aliphatic heterocycles. The molecule has 1 atom stereocenters. The number of carbonyl (C=O) groups excluding carboxylic acids is 2. The Morgan fingerprint density at radius 2 is 1.61 bits per heavy atom. The van der Waals surface area contributed by atoms with Crippen molar-refractivity contribution < 1.29 is 19.1 Å². The van der Waals surface area contributed by atoms with Gasteiger partial charge in [0, 0.05) is 45.0 Å². The number of para-hydroxylation sites is 1. The number of hydrogen-bond acceptors (Lipinski definition) is 5. The molecule has 0 aromatic heterocycles. The summed E-state index contributed by atoms with van der Waals surface area (Å²) in [4.78, 5) is 31.5. The number of fused-ring (bicyclic) bond motifs is 1. The Labute approximate surface area is 195 Å². The van der Waals surface area contributed by atoms with Crippen LogP contribution in [-0.4, -0.2) is 76.1 Å². The summed E-state index contributed by atoms with van der Waals surface area (Å²) in [6, 6.07) is 13.8. The average molecular weight is 452 g/mol. The average Bonchev–Trinajstić information content (AvgIpc) is 3.21. The third kappa shape index (κ3) is 4.49. The minimum atomic E-state index is -0.242. The molecule has 0 N–H and O–H groups in total. The molecule has 4 rings (SSSR count). The second kappa shape index (κ2) is 9.73. The SMILES string of the molecule is COc1cccc(OC)c1C1CCN(C(=O)C2CN(CC(=O)N(C)C)c3ccccc32)CC1. The van der Waals surface area contributed by atoms with E-state index >= 15 is 0 Å². The molecule has 7 nitrogen and oxygen atoms in total. The second-order valence-electron chi connectivity index (χ2n) is 8.96. The number of rotatable bonds is 6. The van der Waals surface area contributed by atoms with Crippen molar-refractivity contribution >= 4 is 17.5 Å². The molecule has 0 saturated carbocycles. The largest absolute Gasteiger partial charge is 0.496 e. The van der Waals surface area contributed by atoms with Crippen LogP contribution in [0.25, 0.3) is 0 Å². The fourth-order valence-electron chi connectivity index (χ4n) is 5.04. The Morgan fingerprint density at radius 3 is 2.21 bits per heavy atom. The van der Waals surface area contributed by atoms with Crippen LogP contribution in [0, 0.1) is 0 Å². The van der Waals surface area contributed by atoms with Crippen molar-refractivity contribution in [2.24, 2.45) is 0 Å². The van der Waals surface area contributed by atoms with Gasteiger partial charge in [-0.2, -0.15) is 0 Å². The first kappa shape index (κ1) is 23.0. The maximum atomic E-state index is 13.6. The van der Waals surface area contributed by atoms with E-state index < -0.39 is 0 Å². The maximum Gasteiger partial charge on any atom is 0.241 e. The fourth-order valence-corrected chi connectivity index (χ4v) is 5.04. The topological polar surface area (TPSA) is 62.3 Å². The number of hydrogen-bond donors (Lipinski definition) is 0. The molecule has 7 heteroatoms. The highest BCUT2D eigenvalue weighted by molar-refractivity contribution is 5.90. The number of carbonyl (C=O) groups is 2. The number of methoxy groups -OCH3 is 2. The minimum absolute atomic E-state index is 0.0319. The van der Waals surface area contributed by atoms with Gasteiger partial charge in [-0.15, -0.1) is 0 Å². The van der Waals surface area contributed by atoms with Gasteiger partial charge in [0.25, 0.3) is 0 Å². The van der Waals surface area contributed by atoms with Crippen molar-refractivity contribution in [2.75, 3.05) is 59.4 Å². The van der Waals surface area contributed by atoms with Crippen molar-refractivity contribution in [3.05, 3.63) is 53.6 Å². The second-order valence-corrected chi connectivity index (χ2v) is 8.96. The van der Waals surface area contributed by atoms with Crippen molar-refractivity contribution in [2.45, 2.75) is 24.7 Å². The number of likely N-dealkylation sites (tertiary alicyclic amines) is 1. The van der Waals surface area contributed by atoms with E-state index in [-0.39, 0.29) is 30.2 Å². The molecule has 0 radical (unpaired) electrons. The van der Waals surface area contributed by atoms with Gasteiger partial charge in [0.2, 0.25) is 11.8 Å². The monoisotopic (exact) mass is 451 g/mol. The first-order valence-electron chi connectivity index (χ1n) is 11.5. The number of benzene rings is 2. The highest BCUT2D eigenvalue weighted by Gasteiger charge is 2.38. The molecule has 2 aromatic carbocycles. The Kier molecular flexibility index (Phi) is 6.77. The molecule has 176 valence electrons. The summed E-state index contributed by atoms with van der Waals surface area (Å²) in [5.74, 6) is 1.89. The van der Waals surface area contributed by atoms with Gasteiger partial charge >= 0.3 is 0 Å². The van der Waals surface area contributed by atoms with Gasteiger partial charge in [0.15, 0.2) is 0 Å². The number of anilines is 1. The molecule has 1 saturated heterocycles. The summed E-state index contributed by atoms with van der Waals surface area (Å²) in [5.41, 5.74) is 3.09. The summed E-state index contributed by atoms with van der Waals surface area (Å²) < 4.78 is 11.2. The number of amides is 2. The summed E-state index contributed by atoms with van der Waals surface area (Å²) in [6.45, 7) is 2.21. The van der Waals surface area contributed by atoms with E-state index in [2.05, 4.69) is 0 Å². The fraction of sp³-hybridized carbons (Fsp3) is 0.462. The summed E-state index contributed by atoms with van der Waals surface area (Å²) in [5, 5.41) is 0. The van der Waals surface area contributed by atoms with Crippen LogP contribution in [-0.2, 0) is 9.59 Å². The van der Waals surface area contributed by atoms with Gasteiger partial charge in [-0.25, -0.2) is 0 Å². The Balaban J connectivity index is 1.47. The quantitative estimate of drug-likeness (QED) is 0.676. The first-order valence-corrected chi connectivity index (χ1v) is 11.5. The summed E-state index contributed by atoms with van der Waals surface area (Å²) in [6.07, 6.45) is 1.72. The molecule has 0 spiro atoms. The summed E-state index contributed by atoms with van der Waals surface area (Å²) in [7, 11) is 6.88. The molecule has 0 aliphatic carbocycles. The highest BCUT2D eigenvalue weighted by atomic mass is 16.5. The number of piperidine rings is 1. The Hall–Kier alpha value is -3.22. The lowest BCUT2D eigenvalue weighted by molar-refractivity contribution is -0.133. The van der Waals surface area contributed by atoms with Gasteiger partial charge in [-0.3, -0.25) is 9.59 Å². The van der Waals surface area contributed by atoms with E-state index in [9.17, 15) is 9.59 Å². The smallest absolute Gasteiger partial charge is 0.241 e. The van der Waals surface area contributed by atoms with Crippen LogP contribution in [0.15, 0.2) is 42.5 Å². The lowest BCUT2D eigenvalue weighted by Gasteiger charge is -2.34. The van der Waals surface area contributed by atoms with E-state index in [1.54, 1.807) is 33.2 Å². The number of nitrogens with zero attached hydrogens (tertiary/aromatic N) is 3. The minimum Gasteiger partial charge on any atom is -0.496 e. The molecule has 2 heterocycles. The van der Waals surface area contributed by atoms with Crippen molar-refractivity contribution in [3.63, 3.8) is 0 Å². The van der Waals surface area contributed by atoms with Crippen LogP contribution in [0.2, 0.25) is 0 Å². The lowest BCUT2D eigenvalue weighted by Crippen LogP contribution is -2.42. The molecular weight excluding hydrogens is 418 g/mol. The van der Waals surface area contributed by atoms with Gasteiger partial charge in [-0.05, 0) is 42.5 Å². The number of ether oxygens (including phenoxy) is 2. The van der Waals surface area contributed by atoms with Crippen molar-refractivity contribution in [3.8, 4) is 11.5 Å². The van der Waals surface area contributed by atoms with Crippen molar-refractivity contribution in [1.29, 1.82) is 0 Å². The zero-order chi connectivity index (χ0) is 23.5. The van der Waals surface area contributed by atoms with E-state index in [1.807, 2.05) is 52.3 Å². The van der Waals surface area contributed by atoms with E-state index in [0.717, 1.165) is 41.2 Å². The van der Waals surface area contributed by atoms with Gasteiger partial charge in [0.05, 0.1) is 26.7 Å². The van der Waals surface area contributed by atoms with Crippen LogP contribution in [0.3, 0.4) is 0 Å². The molecule has 33 heavy (non-hydrogen) atoms. The normalized spacial score (nSPS) is 18.1.